The van der Waals surface area contributed by atoms with Crippen LogP contribution in [-0.2, 0) is 32.6 Å². The number of aryl methyl sites for hydroxylation is 1. The van der Waals surface area contributed by atoms with Crippen LogP contribution in [0.5, 0.6) is 0 Å². The van der Waals surface area contributed by atoms with Crippen LogP contribution in [0.4, 0.5) is 5.69 Å². The van der Waals surface area contributed by atoms with Gasteiger partial charge in [-0.05, 0) is 61.6 Å². The second-order valence-electron chi connectivity index (χ2n) is 10.0. The first kappa shape index (κ1) is 28.4. The van der Waals surface area contributed by atoms with Crippen LogP contribution >= 0.6 is 0 Å². The van der Waals surface area contributed by atoms with E-state index >= 15 is 0 Å². The predicted molar refractivity (Wildman–Crippen MR) is 154 cm³/mol. The zero-order chi connectivity index (χ0) is 27.8. The van der Waals surface area contributed by atoms with Crippen molar-refractivity contribution >= 4 is 27.5 Å². The highest BCUT2D eigenvalue weighted by molar-refractivity contribution is 7.92. The molecule has 1 aliphatic carbocycles. The Kier molecular flexibility index (Phi) is 9.41. The van der Waals surface area contributed by atoms with Crippen molar-refractivity contribution in [2.45, 2.75) is 69.5 Å². The van der Waals surface area contributed by atoms with Crippen molar-refractivity contribution in [2.75, 3.05) is 10.8 Å². The number of nitrogens with one attached hydrogen (secondary N) is 1. The average Bonchev–Trinajstić information content (AvgIpc) is 3.48. The minimum Gasteiger partial charge on any atom is -0.352 e. The van der Waals surface area contributed by atoms with E-state index in [4.69, 9.17) is 0 Å². The van der Waals surface area contributed by atoms with Crippen molar-refractivity contribution in [3.8, 4) is 0 Å². The Bertz CT molecular complexity index is 1340. The van der Waals surface area contributed by atoms with Gasteiger partial charge in [-0.3, -0.25) is 13.9 Å². The van der Waals surface area contributed by atoms with E-state index in [0.29, 0.717) is 5.69 Å². The summed E-state index contributed by atoms with van der Waals surface area (Å²) in [5.41, 5.74) is 2.31. The lowest BCUT2D eigenvalue weighted by molar-refractivity contribution is -0.139. The Morgan fingerprint density at radius 2 is 1.46 bits per heavy atom. The van der Waals surface area contributed by atoms with Gasteiger partial charge in [0.05, 0.1) is 10.6 Å². The van der Waals surface area contributed by atoms with Gasteiger partial charge >= 0.3 is 0 Å². The van der Waals surface area contributed by atoms with Crippen LogP contribution in [0.1, 0.15) is 50.7 Å². The molecule has 1 aliphatic rings. The van der Waals surface area contributed by atoms with Gasteiger partial charge in [0, 0.05) is 12.6 Å². The van der Waals surface area contributed by atoms with E-state index in [-0.39, 0.29) is 23.4 Å². The van der Waals surface area contributed by atoms with Crippen molar-refractivity contribution in [1.29, 1.82) is 0 Å². The lowest BCUT2D eigenvalue weighted by atomic mass is 10.1. The van der Waals surface area contributed by atoms with Gasteiger partial charge in [-0.1, -0.05) is 80.4 Å². The average molecular weight is 548 g/mol. The molecule has 0 bridgehead atoms. The topological polar surface area (TPSA) is 86.8 Å². The number of carbonyl (C=O) groups excluding carboxylic acids is 2. The first-order valence-electron chi connectivity index (χ1n) is 13.6. The maximum absolute atomic E-state index is 14.0. The molecule has 206 valence electrons. The van der Waals surface area contributed by atoms with Gasteiger partial charge in [-0.2, -0.15) is 0 Å². The molecule has 7 nitrogen and oxygen atoms in total. The smallest absolute Gasteiger partial charge is 0.264 e. The number of sulfonamides is 1. The minimum absolute atomic E-state index is 0.0963. The molecule has 39 heavy (non-hydrogen) atoms. The molecule has 1 unspecified atom stereocenters. The Labute approximate surface area is 231 Å². The maximum Gasteiger partial charge on any atom is 0.264 e. The summed E-state index contributed by atoms with van der Waals surface area (Å²) in [4.78, 5) is 28.8. The SMILES string of the molecule is CCc1ccc(N(CC(=O)N(Cc2ccccc2)C(C)C(=O)NC2CCCC2)S(=O)(=O)c2ccccc2)cc1. The number of hydrogen-bond donors (Lipinski definition) is 1. The van der Waals surface area contributed by atoms with Crippen LogP contribution < -0.4 is 9.62 Å². The Hall–Kier alpha value is -3.65. The molecule has 2 amide bonds. The summed E-state index contributed by atoms with van der Waals surface area (Å²) >= 11 is 0. The third-order valence-corrected chi connectivity index (χ3v) is 9.10. The fourth-order valence-corrected chi connectivity index (χ4v) is 6.34. The Balaban J connectivity index is 1.66. The third kappa shape index (κ3) is 7.06. The van der Waals surface area contributed by atoms with E-state index in [9.17, 15) is 18.0 Å². The molecular formula is C31H37N3O4S. The molecule has 1 atom stereocenters. The molecule has 4 rings (SSSR count). The number of nitrogens with zero attached hydrogens (tertiary/aromatic N) is 2. The van der Waals surface area contributed by atoms with Crippen LogP contribution in [0, 0.1) is 0 Å². The van der Waals surface area contributed by atoms with Crippen LogP contribution in [0.15, 0.2) is 89.8 Å². The van der Waals surface area contributed by atoms with Crippen molar-refractivity contribution in [3.05, 3.63) is 96.1 Å². The Morgan fingerprint density at radius 3 is 2.05 bits per heavy atom. The molecule has 1 fully saturated rings. The van der Waals surface area contributed by atoms with Crippen molar-refractivity contribution in [2.24, 2.45) is 0 Å². The van der Waals surface area contributed by atoms with E-state index in [1.807, 2.05) is 49.4 Å². The molecule has 3 aromatic carbocycles. The van der Waals surface area contributed by atoms with Gasteiger partial charge in [0.15, 0.2) is 0 Å². The minimum atomic E-state index is -4.05. The van der Waals surface area contributed by atoms with E-state index in [1.165, 1.54) is 17.0 Å². The molecule has 0 saturated heterocycles. The third-order valence-electron chi connectivity index (χ3n) is 7.31. The molecule has 0 radical (unpaired) electrons. The number of hydrogen-bond acceptors (Lipinski definition) is 4. The number of anilines is 1. The predicted octanol–water partition coefficient (Wildman–Crippen LogP) is 4.92. The summed E-state index contributed by atoms with van der Waals surface area (Å²) < 4.78 is 28.8. The highest BCUT2D eigenvalue weighted by Gasteiger charge is 2.33. The quantitative estimate of drug-likeness (QED) is 0.369. The van der Waals surface area contributed by atoms with Crippen molar-refractivity contribution in [1.82, 2.24) is 10.2 Å². The van der Waals surface area contributed by atoms with Gasteiger partial charge in [0.1, 0.15) is 12.6 Å². The molecule has 0 heterocycles. The molecule has 0 aromatic heterocycles. The summed E-state index contributed by atoms with van der Waals surface area (Å²) in [7, 11) is -4.05. The lowest BCUT2D eigenvalue weighted by Gasteiger charge is -2.32. The molecule has 1 saturated carbocycles. The van der Waals surface area contributed by atoms with Crippen LogP contribution in [-0.4, -0.2) is 43.8 Å². The summed E-state index contributed by atoms with van der Waals surface area (Å²) in [6.07, 6.45) is 4.83. The van der Waals surface area contributed by atoms with Gasteiger partial charge in [-0.15, -0.1) is 0 Å². The molecule has 1 N–H and O–H groups in total. The van der Waals surface area contributed by atoms with Crippen LogP contribution in [0.25, 0.3) is 0 Å². The zero-order valence-electron chi connectivity index (χ0n) is 22.6. The second kappa shape index (κ2) is 12.9. The number of carbonyl (C=O) groups is 2. The van der Waals surface area contributed by atoms with E-state index in [2.05, 4.69) is 5.32 Å². The maximum atomic E-state index is 14.0. The second-order valence-corrected chi connectivity index (χ2v) is 11.9. The molecule has 3 aromatic rings. The van der Waals surface area contributed by atoms with Crippen LogP contribution in [0.3, 0.4) is 0 Å². The monoisotopic (exact) mass is 547 g/mol. The van der Waals surface area contributed by atoms with E-state index < -0.39 is 28.5 Å². The van der Waals surface area contributed by atoms with Gasteiger partial charge in [-0.25, -0.2) is 8.42 Å². The Morgan fingerprint density at radius 1 is 0.872 bits per heavy atom. The molecule has 0 aliphatic heterocycles. The summed E-state index contributed by atoms with van der Waals surface area (Å²) in [5, 5.41) is 3.09. The van der Waals surface area contributed by atoms with Gasteiger partial charge in [0.2, 0.25) is 11.8 Å². The van der Waals surface area contributed by atoms with Crippen molar-refractivity contribution < 1.29 is 18.0 Å². The fourth-order valence-electron chi connectivity index (χ4n) is 4.90. The molecular weight excluding hydrogens is 510 g/mol. The highest BCUT2D eigenvalue weighted by Crippen LogP contribution is 2.25. The lowest BCUT2D eigenvalue weighted by Crippen LogP contribution is -2.52. The number of amides is 2. The molecule has 0 spiro atoms. The fraction of sp³-hybridized carbons (Fsp3) is 0.355. The molecule has 8 heteroatoms. The number of rotatable bonds is 11. The van der Waals surface area contributed by atoms with Crippen molar-refractivity contribution in [3.63, 3.8) is 0 Å². The standard InChI is InChI=1S/C31H37N3O4S/c1-3-25-18-20-28(21-19-25)34(39(37,38)29-16-8-5-9-17-29)23-30(35)33(22-26-12-6-4-7-13-26)24(2)31(36)32-27-14-10-11-15-27/h4-9,12-13,16-21,24,27H,3,10-11,14-15,22-23H2,1-2H3,(H,32,36). The van der Waals surface area contributed by atoms with E-state index in [0.717, 1.165) is 47.5 Å². The number of benzene rings is 3. The first-order valence-corrected chi connectivity index (χ1v) is 15.0. The zero-order valence-corrected chi connectivity index (χ0v) is 23.4. The largest absolute Gasteiger partial charge is 0.352 e. The van der Waals surface area contributed by atoms with E-state index in [1.54, 1.807) is 37.3 Å². The highest BCUT2D eigenvalue weighted by atomic mass is 32.2. The van der Waals surface area contributed by atoms with Gasteiger partial charge < -0.3 is 10.2 Å². The summed E-state index contributed by atoms with van der Waals surface area (Å²) in [6.45, 7) is 3.48. The first-order chi connectivity index (χ1) is 18.8. The normalized spacial score (nSPS) is 14.5. The van der Waals surface area contributed by atoms with Gasteiger partial charge in [0.25, 0.3) is 10.0 Å². The summed E-state index contributed by atoms with van der Waals surface area (Å²) in [5.74, 6) is -0.678. The van der Waals surface area contributed by atoms with Crippen LogP contribution in [0.2, 0.25) is 0 Å². The summed E-state index contributed by atoms with van der Waals surface area (Å²) in [6, 6.07) is 24.1.